The second-order valence-electron chi connectivity index (χ2n) is 6.27. The van der Waals surface area contributed by atoms with Crippen molar-refractivity contribution in [2.45, 2.75) is 33.1 Å². The molecule has 2 aromatic carbocycles. The summed E-state index contributed by atoms with van der Waals surface area (Å²) in [7, 11) is 0. The quantitative estimate of drug-likeness (QED) is 0.401. The van der Waals surface area contributed by atoms with Gasteiger partial charge in [-0.3, -0.25) is 0 Å². The lowest BCUT2D eigenvalue weighted by Crippen LogP contribution is -2.32. The summed E-state index contributed by atoms with van der Waals surface area (Å²) in [6.07, 6.45) is 0. The molecule has 2 nitrogen and oxygen atoms in total. The Labute approximate surface area is 165 Å². The summed E-state index contributed by atoms with van der Waals surface area (Å²) in [4.78, 5) is 0. The number of halogens is 2. The number of phenolic OH excluding ortho intramolecular Hbond substituents is 2. The van der Waals surface area contributed by atoms with Crippen LogP contribution in [0.4, 0.5) is 0 Å². The Bertz CT molecular complexity index is 629. The number of aryl methyl sites for hydroxylation is 4. The minimum Gasteiger partial charge on any atom is -0.507 e. The SMILES string of the molecule is Cc1cc(C(CI)(CI)c2cc(C)c(O)c(C)c2)cc(C)c1O. The molecule has 23 heavy (non-hydrogen) atoms. The smallest absolute Gasteiger partial charge is 0.121 e. The van der Waals surface area contributed by atoms with E-state index < -0.39 is 0 Å². The van der Waals surface area contributed by atoms with Gasteiger partial charge < -0.3 is 10.2 Å². The predicted octanol–water partition coefficient (Wildman–Crippen LogP) is 5.49. The maximum absolute atomic E-state index is 10.1. The van der Waals surface area contributed by atoms with Gasteiger partial charge in [0, 0.05) is 14.3 Å². The number of hydrogen-bond acceptors (Lipinski definition) is 2. The molecular formula is C19H22I2O2. The van der Waals surface area contributed by atoms with Gasteiger partial charge in [0.05, 0.1) is 0 Å². The molecule has 0 fully saturated rings. The first-order chi connectivity index (χ1) is 10.8. The molecule has 0 bridgehead atoms. The molecule has 0 amide bonds. The topological polar surface area (TPSA) is 40.5 Å². The molecule has 2 aromatic rings. The van der Waals surface area contributed by atoms with Crippen molar-refractivity contribution in [1.29, 1.82) is 0 Å². The van der Waals surface area contributed by atoms with Crippen molar-refractivity contribution < 1.29 is 10.2 Å². The second kappa shape index (κ2) is 7.17. The van der Waals surface area contributed by atoms with Crippen molar-refractivity contribution in [3.05, 3.63) is 57.6 Å². The van der Waals surface area contributed by atoms with Gasteiger partial charge in [-0.1, -0.05) is 69.4 Å². The maximum Gasteiger partial charge on any atom is 0.121 e. The van der Waals surface area contributed by atoms with Gasteiger partial charge in [0.15, 0.2) is 0 Å². The molecule has 0 heterocycles. The fourth-order valence-corrected chi connectivity index (χ4v) is 6.31. The van der Waals surface area contributed by atoms with Gasteiger partial charge in [0.1, 0.15) is 11.5 Å². The average Bonchev–Trinajstić information content (AvgIpc) is 2.51. The molecule has 0 spiro atoms. The van der Waals surface area contributed by atoms with Crippen molar-refractivity contribution in [3.63, 3.8) is 0 Å². The number of rotatable bonds is 4. The summed E-state index contributed by atoms with van der Waals surface area (Å²) in [5.41, 5.74) is 5.94. The number of aromatic hydroxyl groups is 2. The predicted molar refractivity (Wildman–Crippen MR) is 114 cm³/mol. The van der Waals surface area contributed by atoms with Gasteiger partial charge in [-0.15, -0.1) is 0 Å². The van der Waals surface area contributed by atoms with Crippen LogP contribution in [0.25, 0.3) is 0 Å². The van der Waals surface area contributed by atoms with Crippen molar-refractivity contribution in [2.24, 2.45) is 0 Å². The van der Waals surface area contributed by atoms with Gasteiger partial charge in [-0.05, 0) is 61.1 Å². The summed E-state index contributed by atoms with van der Waals surface area (Å²) >= 11 is 4.89. The fourth-order valence-electron chi connectivity index (χ4n) is 2.98. The molecule has 4 heteroatoms. The highest BCUT2D eigenvalue weighted by molar-refractivity contribution is 14.1. The van der Waals surface area contributed by atoms with E-state index in [1.54, 1.807) is 0 Å². The molecule has 0 unspecified atom stereocenters. The number of phenols is 2. The third-order valence-electron chi connectivity index (χ3n) is 4.54. The average molecular weight is 536 g/mol. The molecule has 0 saturated heterocycles. The van der Waals surface area contributed by atoms with Crippen molar-refractivity contribution in [2.75, 3.05) is 8.86 Å². The van der Waals surface area contributed by atoms with Crippen LogP contribution in [0.2, 0.25) is 0 Å². The van der Waals surface area contributed by atoms with Crippen LogP contribution in [0.1, 0.15) is 33.4 Å². The van der Waals surface area contributed by atoms with Crippen LogP contribution in [0.3, 0.4) is 0 Å². The number of alkyl halides is 2. The first-order valence-corrected chi connectivity index (χ1v) is 10.5. The highest BCUT2D eigenvalue weighted by Gasteiger charge is 2.33. The standard InChI is InChI=1S/C19H22I2O2/c1-11-5-15(6-12(2)17(11)22)19(9-20,10-21)16-7-13(3)18(23)14(4)8-16/h5-8,22-23H,9-10H2,1-4H3. The Balaban J connectivity index is 2.74. The van der Waals surface area contributed by atoms with Gasteiger partial charge >= 0.3 is 0 Å². The Morgan fingerprint density at radius 2 is 0.957 bits per heavy atom. The molecule has 0 atom stereocenters. The molecule has 0 aliphatic heterocycles. The molecule has 2 rings (SSSR count). The number of hydrogen-bond donors (Lipinski definition) is 2. The molecular weight excluding hydrogens is 514 g/mol. The van der Waals surface area contributed by atoms with Crippen molar-refractivity contribution in [3.8, 4) is 11.5 Å². The monoisotopic (exact) mass is 536 g/mol. The van der Waals surface area contributed by atoms with Crippen LogP contribution < -0.4 is 0 Å². The molecule has 0 aliphatic rings. The van der Waals surface area contributed by atoms with E-state index in [1.807, 2.05) is 27.7 Å². The van der Waals surface area contributed by atoms with E-state index in [4.69, 9.17) is 0 Å². The first-order valence-electron chi connectivity index (χ1n) is 7.50. The minimum absolute atomic E-state index is 0.131. The summed E-state index contributed by atoms with van der Waals surface area (Å²) in [5, 5.41) is 20.2. The van der Waals surface area contributed by atoms with E-state index in [0.717, 1.165) is 31.1 Å². The normalized spacial score (nSPS) is 11.7. The molecule has 0 aliphatic carbocycles. The van der Waals surface area contributed by atoms with Gasteiger partial charge in [0.25, 0.3) is 0 Å². The summed E-state index contributed by atoms with van der Waals surface area (Å²) in [5.74, 6) is 0.755. The van der Waals surface area contributed by atoms with E-state index >= 15 is 0 Å². The molecule has 0 radical (unpaired) electrons. The van der Waals surface area contributed by atoms with Crippen LogP contribution in [0, 0.1) is 27.7 Å². The Morgan fingerprint density at radius 3 is 1.17 bits per heavy atom. The fraction of sp³-hybridized carbons (Fsp3) is 0.368. The summed E-state index contributed by atoms with van der Waals surface area (Å²) in [6, 6.07) is 8.38. The Morgan fingerprint density at radius 1 is 0.696 bits per heavy atom. The minimum atomic E-state index is -0.131. The third-order valence-corrected chi connectivity index (χ3v) is 7.15. The molecule has 0 aromatic heterocycles. The summed E-state index contributed by atoms with van der Waals surface area (Å²) in [6.45, 7) is 7.79. The van der Waals surface area contributed by atoms with Crippen LogP contribution >= 0.6 is 45.2 Å². The lowest BCUT2D eigenvalue weighted by Gasteiger charge is -2.33. The van der Waals surface area contributed by atoms with Crippen LogP contribution in [0.15, 0.2) is 24.3 Å². The zero-order chi connectivity index (χ0) is 17.4. The first kappa shape index (κ1) is 18.8. The van der Waals surface area contributed by atoms with E-state index in [0.29, 0.717) is 11.5 Å². The highest BCUT2D eigenvalue weighted by atomic mass is 127. The molecule has 2 N–H and O–H groups in total. The van der Waals surface area contributed by atoms with Gasteiger partial charge in [0.2, 0.25) is 0 Å². The van der Waals surface area contributed by atoms with Crippen LogP contribution in [0.5, 0.6) is 11.5 Å². The molecule has 0 saturated carbocycles. The van der Waals surface area contributed by atoms with Crippen LogP contribution in [-0.4, -0.2) is 19.1 Å². The highest BCUT2D eigenvalue weighted by Crippen LogP contribution is 2.41. The zero-order valence-electron chi connectivity index (χ0n) is 13.9. The van der Waals surface area contributed by atoms with E-state index in [1.165, 1.54) is 11.1 Å². The zero-order valence-corrected chi connectivity index (χ0v) is 18.2. The maximum atomic E-state index is 10.1. The van der Waals surface area contributed by atoms with Crippen molar-refractivity contribution in [1.82, 2.24) is 0 Å². The van der Waals surface area contributed by atoms with Gasteiger partial charge in [-0.25, -0.2) is 0 Å². The van der Waals surface area contributed by atoms with E-state index in [9.17, 15) is 10.2 Å². The molecule has 124 valence electrons. The summed E-state index contributed by atoms with van der Waals surface area (Å²) < 4.78 is 1.86. The van der Waals surface area contributed by atoms with Crippen molar-refractivity contribution >= 4 is 45.2 Å². The van der Waals surface area contributed by atoms with E-state index in [-0.39, 0.29) is 5.41 Å². The van der Waals surface area contributed by atoms with Crippen LogP contribution in [-0.2, 0) is 5.41 Å². The largest absolute Gasteiger partial charge is 0.507 e. The lowest BCUT2D eigenvalue weighted by molar-refractivity contribution is 0.465. The Hall–Kier alpha value is -0.500. The third kappa shape index (κ3) is 3.34. The lowest BCUT2D eigenvalue weighted by atomic mass is 9.76. The van der Waals surface area contributed by atoms with Gasteiger partial charge in [-0.2, -0.15) is 0 Å². The van der Waals surface area contributed by atoms with E-state index in [2.05, 4.69) is 69.4 Å². The Kier molecular flexibility index (Phi) is 5.87. The number of benzene rings is 2. The second-order valence-corrected chi connectivity index (χ2v) is 7.79.